The van der Waals surface area contributed by atoms with Crippen molar-refractivity contribution in [3.63, 3.8) is 0 Å². The number of unbranched alkanes of at least 4 members (excludes halogenated alkanes) is 3. The van der Waals surface area contributed by atoms with E-state index in [2.05, 4.69) is 19.7 Å². The van der Waals surface area contributed by atoms with Crippen molar-refractivity contribution in [3.05, 3.63) is 38.0 Å². The lowest BCUT2D eigenvalue weighted by atomic mass is 10.2. The van der Waals surface area contributed by atoms with Crippen LogP contribution in [0.2, 0.25) is 0 Å². The van der Waals surface area contributed by atoms with Gasteiger partial charge >= 0.3 is 25.7 Å². The van der Waals surface area contributed by atoms with E-state index in [1.54, 1.807) is 0 Å². The van der Waals surface area contributed by atoms with E-state index in [0.717, 1.165) is 37.5 Å². The van der Waals surface area contributed by atoms with E-state index in [1.165, 1.54) is 0 Å². The minimum atomic E-state index is -4.64. The summed E-state index contributed by atoms with van der Waals surface area (Å²) in [5.41, 5.74) is 0. The molecule has 3 atom stereocenters. The zero-order valence-electron chi connectivity index (χ0n) is 21.0. The molecule has 0 aromatic carbocycles. The molecular formula is C24H39O10P. The van der Waals surface area contributed by atoms with Crippen LogP contribution in [-0.4, -0.2) is 36.8 Å². The normalized spacial score (nSPS) is 15.1. The van der Waals surface area contributed by atoms with E-state index < -0.39 is 44.6 Å². The van der Waals surface area contributed by atoms with Gasteiger partial charge in [-0.3, -0.25) is 0 Å². The van der Waals surface area contributed by atoms with Crippen molar-refractivity contribution in [2.45, 2.75) is 97.4 Å². The summed E-state index contributed by atoms with van der Waals surface area (Å²) in [6.07, 6.45) is 3.19. The number of esters is 3. The maximum Gasteiger partial charge on any atom is 0.484 e. The molecule has 11 heteroatoms. The van der Waals surface area contributed by atoms with E-state index in [0.29, 0.717) is 19.3 Å². The van der Waals surface area contributed by atoms with Crippen LogP contribution < -0.4 is 0 Å². The molecule has 35 heavy (non-hydrogen) atoms. The number of ether oxygens (including phenoxy) is 3. The number of hydrogen-bond donors (Lipinski definition) is 0. The number of hydrogen-bond acceptors (Lipinski definition) is 10. The van der Waals surface area contributed by atoms with Crippen LogP contribution in [0.1, 0.15) is 78.6 Å². The average Bonchev–Trinajstić information content (AvgIpc) is 2.83. The van der Waals surface area contributed by atoms with Gasteiger partial charge in [-0.15, -0.1) is 0 Å². The van der Waals surface area contributed by atoms with Gasteiger partial charge in [0.25, 0.3) is 0 Å². The summed E-state index contributed by atoms with van der Waals surface area (Å²) in [6, 6.07) is 0. The van der Waals surface area contributed by atoms with E-state index in [1.807, 2.05) is 20.8 Å². The smallest absolute Gasteiger partial charge is 0.432 e. The fourth-order valence-electron chi connectivity index (χ4n) is 2.55. The standard InChI is InChI=1S/C24H39O10P/c1-7-13-16-22(29-19(25)10-4)32-35(28,33-23(17-14-8-2)30-20(26)11-5)34-24(18-15-9-3)31-21(27)12-6/h10-12,22-24H,4-9,13-18H2,1-3H3. The van der Waals surface area contributed by atoms with Crippen molar-refractivity contribution in [3.8, 4) is 0 Å². The Labute approximate surface area is 208 Å². The zero-order valence-corrected chi connectivity index (χ0v) is 21.9. The third-order valence-corrected chi connectivity index (χ3v) is 5.84. The predicted octanol–water partition coefficient (Wildman–Crippen LogP) is 5.88. The Bertz CT molecular complexity index is 641. The highest BCUT2D eigenvalue weighted by molar-refractivity contribution is 7.48. The SMILES string of the molecule is C=CC(=O)OC(CCCC)OP(=O)(OC(CCCC)OC(=O)C=C)OC(CCCC)OC(=O)C=C. The summed E-state index contributed by atoms with van der Waals surface area (Å²) < 4.78 is 46.0. The zero-order chi connectivity index (χ0) is 26.7. The van der Waals surface area contributed by atoms with Crippen LogP contribution in [0.5, 0.6) is 0 Å². The molecular weight excluding hydrogens is 479 g/mol. The Morgan fingerprint density at radius 3 is 1.09 bits per heavy atom. The number of carbonyl (C=O) groups excluding carboxylic acids is 3. The quantitative estimate of drug-likeness (QED) is 0.0598. The first-order valence-electron chi connectivity index (χ1n) is 11.8. The van der Waals surface area contributed by atoms with Crippen molar-refractivity contribution in [2.75, 3.05) is 0 Å². The maximum absolute atomic E-state index is 13.8. The molecule has 0 aliphatic rings. The first-order chi connectivity index (χ1) is 16.7. The van der Waals surface area contributed by atoms with Gasteiger partial charge in [0.1, 0.15) is 0 Å². The molecule has 10 nitrogen and oxygen atoms in total. The Morgan fingerprint density at radius 1 is 0.629 bits per heavy atom. The van der Waals surface area contributed by atoms with Gasteiger partial charge in [-0.1, -0.05) is 59.8 Å². The summed E-state index contributed by atoms with van der Waals surface area (Å²) in [4.78, 5) is 35.4. The molecule has 0 aromatic heterocycles. The molecule has 0 N–H and O–H groups in total. The van der Waals surface area contributed by atoms with E-state index in [4.69, 9.17) is 27.8 Å². The van der Waals surface area contributed by atoms with Gasteiger partial charge in [-0.25, -0.2) is 32.5 Å². The highest BCUT2D eigenvalue weighted by Crippen LogP contribution is 2.54. The first kappa shape index (κ1) is 32.7. The molecule has 0 aliphatic heterocycles. The molecule has 0 rings (SSSR count). The fourth-order valence-corrected chi connectivity index (χ4v) is 4.01. The molecule has 0 bridgehead atoms. The summed E-state index contributed by atoms with van der Waals surface area (Å²) in [6.45, 7) is 15.8. The maximum atomic E-state index is 13.8. The van der Waals surface area contributed by atoms with Crippen LogP contribution in [0.25, 0.3) is 0 Å². The molecule has 0 amide bonds. The molecule has 0 fully saturated rings. The minimum absolute atomic E-state index is 0.172. The molecule has 0 heterocycles. The third kappa shape index (κ3) is 15.4. The van der Waals surface area contributed by atoms with E-state index in [9.17, 15) is 18.9 Å². The molecule has 0 aromatic rings. The number of phosphoric ester groups is 1. The Morgan fingerprint density at radius 2 is 0.886 bits per heavy atom. The second-order valence-corrected chi connectivity index (χ2v) is 8.93. The van der Waals surface area contributed by atoms with Crippen molar-refractivity contribution in [1.29, 1.82) is 0 Å². The van der Waals surface area contributed by atoms with Crippen molar-refractivity contribution in [1.82, 2.24) is 0 Å². The lowest BCUT2D eigenvalue weighted by Gasteiger charge is -2.29. The third-order valence-electron chi connectivity index (χ3n) is 4.36. The number of carbonyl (C=O) groups is 3. The Balaban J connectivity index is 6.09. The Kier molecular flexibility index (Phi) is 17.8. The van der Waals surface area contributed by atoms with Crippen LogP contribution in [0, 0.1) is 0 Å². The van der Waals surface area contributed by atoms with Gasteiger partial charge < -0.3 is 14.2 Å². The summed E-state index contributed by atoms with van der Waals surface area (Å²) in [5.74, 6) is -2.42. The summed E-state index contributed by atoms with van der Waals surface area (Å²) in [5, 5.41) is 0. The van der Waals surface area contributed by atoms with Crippen molar-refractivity contribution < 1.29 is 46.7 Å². The van der Waals surface area contributed by atoms with Crippen LogP contribution in [-0.2, 0) is 46.7 Å². The lowest BCUT2D eigenvalue weighted by molar-refractivity contribution is -0.180. The van der Waals surface area contributed by atoms with Crippen molar-refractivity contribution >= 4 is 25.7 Å². The predicted molar refractivity (Wildman–Crippen MR) is 130 cm³/mol. The van der Waals surface area contributed by atoms with Gasteiger partial charge in [-0.2, -0.15) is 0 Å². The van der Waals surface area contributed by atoms with Gasteiger partial charge in [0.05, 0.1) is 0 Å². The van der Waals surface area contributed by atoms with E-state index >= 15 is 0 Å². The molecule has 200 valence electrons. The topological polar surface area (TPSA) is 124 Å². The minimum Gasteiger partial charge on any atom is -0.432 e. The molecule has 0 aliphatic carbocycles. The monoisotopic (exact) mass is 518 g/mol. The molecule has 0 saturated heterocycles. The second-order valence-electron chi connectivity index (χ2n) is 7.40. The second kappa shape index (κ2) is 19.0. The highest BCUT2D eigenvalue weighted by Gasteiger charge is 2.40. The van der Waals surface area contributed by atoms with Crippen LogP contribution in [0.15, 0.2) is 38.0 Å². The summed E-state index contributed by atoms with van der Waals surface area (Å²) >= 11 is 0. The van der Waals surface area contributed by atoms with Crippen LogP contribution in [0.3, 0.4) is 0 Å². The number of rotatable bonds is 21. The van der Waals surface area contributed by atoms with Gasteiger partial charge in [0.2, 0.25) is 18.9 Å². The molecule has 0 radical (unpaired) electrons. The largest absolute Gasteiger partial charge is 0.484 e. The highest BCUT2D eigenvalue weighted by atomic mass is 31.2. The molecule has 0 saturated carbocycles. The van der Waals surface area contributed by atoms with E-state index in [-0.39, 0.29) is 19.3 Å². The van der Waals surface area contributed by atoms with Crippen molar-refractivity contribution in [2.24, 2.45) is 0 Å². The average molecular weight is 519 g/mol. The fraction of sp³-hybridized carbons (Fsp3) is 0.625. The Hall–Kier alpha value is -2.26. The molecule has 3 unspecified atom stereocenters. The lowest BCUT2D eigenvalue weighted by Crippen LogP contribution is -2.27. The van der Waals surface area contributed by atoms with Crippen LogP contribution in [0.4, 0.5) is 0 Å². The van der Waals surface area contributed by atoms with Crippen LogP contribution >= 0.6 is 7.82 Å². The first-order valence-corrected chi connectivity index (χ1v) is 13.3. The molecule has 0 spiro atoms. The van der Waals surface area contributed by atoms with Gasteiger partial charge in [0, 0.05) is 37.5 Å². The van der Waals surface area contributed by atoms with Gasteiger partial charge in [0.15, 0.2) is 0 Å². The number of phosphoric acid groups is 1. The van der Waals surface area contributed by atoms with Gasteiger partial charge in [-0.05, 0) is 19.3 Å². The summed E-state index contributed by atoms with van der Waals surface area (Å²) in [7, 11) is -4.64.